The lowest BCUT2D eigenvalue weighted by atomic mass is 10.0. The fourth-order valence-corrected chi connectivity index (χ4v) is 2.90. The van der Waals surface area contributed by atoms with Crippen LogP contribution in [0.4, 0.5) is 4.79 Å². The topological polar surface area (TPSA) is 67.9 Å². The molecule has 0 bridgehead atoms. The van der Waals surface area contributed by atoms with Crippen molar-refractivity contribution < 1.29 is 19.1 Å². The smallest absolute Gasteiger partial charge is 0.317 e. The second kappa shape index (κ2) is 7.46. The van der Waals surface area contributed by atoms with Crippen molar-refractivity contribution in [1.82, 2.24) is 10.2 Å². The molecular weight excluding hydrogens is 296 g/mol. The fourth-order valence-electron chi connectivity index (χ4n) is 2.90. The summed E-state index contributed by atoms with van der Waals surface area (Å²) in [4.78, 5) is 25.6. The minimum Gasteiger partial charge on any atom is -0.460 e. The summed E-state index contributed by atoms with van der Waals surface area (Å²) >= 11 is 0. The van der Waals surface area contributed by atoms with Crippen molar-refractivity contribution >= 4 is 12.0 Å². The van der Waals surface area contributed by atoms with E-state index < -0.39 is 0 Å². The van der Waals surface area contributed by atoms with Crippen LogP contribution in [-0.2, 0) is 27.2 Å². The van der Waals surface area contributed by atoms with Gasteiger partial charge in [0.1, 0.15) is 6.10 Å². The highest BCUT2D eigenvalue weighted by atomic mass is 16.6. The zero-order chi connectivity index (χ0) is 16.1. The van der Waals surface area contributed by atoms with Gasteiger partial charge in [-0.25, -0.2) is 4.79 Å². The van der Waals surface area contributed by atoms with E-state index in [1.54, 1.807) is 4.90 Å². The molecule has 0 radical (unpaired) electrons. The number of fused-ring (bicyclic) bond motifs is 1. The maximum Gasteiger partial charge on any atom is 0.317 e. The Balaban J connectivity index is 1.39. The highest BCUT2D eigenvalue weighted by Crippen LogP contribution is 2.18. The molecule has 23 heavy (non-hydrogen) atoms. The van der Waals surface area contributed by atoms with Crippen LogP contribution in [0.5, 0.6) is 0 Å². The molecule has 1 N–H and O–H groups in total. The van der Waals surface area contributed by atoms with E-state index in [1.165, 1.54) is 11.1 Å². The number of hydrogen-bond acceptors (Lipinski definition) is 4. The molecular formula is C17H22N2O4. The molecule has 6 nitrogen and oxygen atoms in total. The van der Waals surface area contributed by atoms with Gasteiger partial charge in [0.05, 0.1) is 19.6 Å². The van der Waals surface area contributed by atoms with Crippen LogP contribution >= 0.6 is 0 Å². The number of nitrogens with zero attached hydrogens (tertiary/aromatic N) is 1. The van der Waals surface area contributed by atoms with E-state index in [0.717, 1.165) is 12.8 Å². The third kappa shape index (κ3) is 4.22. The lowest BCUT2D eigenvalue weighted by molar-refractivity contribution is -0.148. The number of nitrogens with one attached hydrogen (secondary N) is 1. The van der Waals surface area contributed by atoms with Gasteiger partial charge in [0.2, 0.25) is 0 Å². The first-order chi connectivity index (χ1) is 11.2. The van der Waals surface area contributed by atoms with E-state index in [0.29, 0.717) is 32.8 Å². The van der Waals surface area contributed by atoms with Crippen LogP contribution in [0.1, 0.15) is 24.0 Å². The van der Waals surface area contributed by atoms with Gasteiger partial charge in [-0.15, -0.1) is 0 Å². The number of esters is 1. The summed E-state index contributed by atoms with van der Waals surface area (Å²) in [6, 6.07) is 8.04. The van der Waals surface area contributed by atoms with E-state index in [4.69, 9.17) is 9.47 Å². The second-order valence-corrected chi connectivity index (χ2v) is 5.90. The van der Waals surface area contributed by atoms with Crippen LogP contribution in [0, 0.1) is 0 Å². The Kier molecular flexibility index (Phi) is 5.12. The Hall–Kier alpha value is -2.08. The Morgan fingerprint density at radius 3 is 2.91 bits per heavy atom. The van der Waals surface area contributed by atoms with Crippen molar-refractivity contribution in [3.05, 3.63) is 35.4 Å². The number of rotatable bonds is 4. The highest BCUT2D eigenvalue weighted by Gasteiger charge is 2.21. The molecule has 2 heterocycles. The second-order valence-electron chi connectivity index (χ2n) is 5.90. The molecule has 0 unspecified atom stereocenters. The van der Waals surface area contributed by atoms with Gasteiger partial charge in [-0.2, -0.15) is 0 Å². The average molecular weight is 318 g/mol. The largest absolute Gasteiger partial charge is 0.460 e. The van der Waals surface area contributed by atoms with Crippen molar-refractivity contribution in [2.24, 2.45) is 0 Å². The lowest BCUT2D eigenvalue weighted by Gasteiger charge is -2.28. The first-order valence-electron chi connectivity index (χ1n) is 8.09. The van der Waals surface area contributed by atoms with Crippen molar-refractivity contribution in [2.75, 3.05) is 26.3 Å². The highest BCUT2D eigenvalue weighted by molar-refractivity contribution is 5.76. The minimum absolute atomic E-state index is 0.128. The summed E-state index contributed by atoms with van der Waals surface area (Å²) in [6.45, 7) is 2.73. The van der Waals surface area contributed by atoms with Crippen molar-refractivity contribution in [3.8, 4) is 0 Å². The Labute approximate surface area is 135 Å². The third-order valence-electron chi connectivity index (χ3n) is 4.21. The van der Waals surface area contributed by atoms with Gasteiger partial charge in [-0.1, -0.05) is 24.3 Å². The molecule has 2 aliphatic heterocycles. The summed E-state index contributed by atoms with van der Waals surface area (Å²) in [7, 11) is 0. The van der Waals surface area contributed by atoms with Gasteiger partial charge in [0.15, 0.2) is 0 Å². The summed E-state index contributed by atoms with van der Waals surface area (Å²) in [5, 5.41) is 2.79. The molecule has 6 heteroatoms. The van der Waals surface area contributed by atoms with Crippen LogP contribution in [0.25, 0.3) is 0 Å². The predicted octanol–water partition coefficient (Wildman–Crippen LogP) is 1.48. The van der Waals surface area contributed by atoms with Gasteiger partial charge in [-0.05, 0) is 17.5 Å². The number of hydrogen-bond donors (Lipinski definition) is 1. The normalized spacial score (nSPS) is 20.0. The predicted molar refractivity (Wildman–Crippen MR) is 83.9 cm³/mol. The quantitative estimate of drug-likeness (QED) is 0.854. The van der Waals surface area contributed by atoms with E-state index in [-0.39, 0.29) is 24.5 Å². The molecule has 124 valence electrons. The van der Waals surface area contributed by atoms with Gasteiger partial charge in [0.25, 0.3) is 0 Å². The van der Waals surface area contributed by atoms with Gasteiger partial charge in [0, 0.05) is 26.1 Å². The number of carbonyl (C=O) groups is 2. The molecule has 2 aliphatic rings. The molecule has 2 amide bonds. The molecule has 0 saturated carbocycles. The maximum absolute atomic E-state index is 12.2. The van der Waals surface area contributed by atoms with Gasteiger partial charge >= 0.3 is 12.0 Å². The first-order valence-corrected chi connectivity index (χ1v) is 8.09. The third-order valence-corrected chi connectivity index (χ3v) is 4.21. The number of urea groups is 1. The average Bonchev–Trinajstić information content (AvgIpc) is 3.07. The minimum atomic E-state index is -0.287. The lowest BCUT2D eigenvalue weighted by Crippen LogP contribution is -2.43. The van der Waals surface area contributed by atoms with Gasteiger partial charge in [-0.3, -0.25) is 4.79 Å². The molecule has 0 aliphatic carbocycles. The van der Waals surface area contributed by atoms with Crippen LogP contribution in [0.2, 0.25) is 0 Å². The summed E-state index contributed by atoms with van der Waals surface area (Å²) in [5.41, 5.74) is 2.49. The van der Waals surface area contributed by atoms with Gasteiger partial charge < -0.3 is 19.7 Å². The van der Waals surface area contributed by atoms with E-state index in [2.05, 4.69) is 17.4 Å². The zero-order valence-electron chi connectivity index (χ0n) is 13.1. The molecule has 1 aromatic rings. The van der Waals surface area contributed by atoms with Crippen LogP contribution < -0.4 is 5.32 Å². The monoisotopic (exact) mass is 318 g/mol. The van der Waals surface area contributed by atoms with E-state index in [9.17, 15) is 9.59 Å². The van der Waals surface area contributed by atoms with Crippen LogP contribution in [0.3, 0.4) is 0 Å². The standard InChI is InChI=1S/C17H22N2O4/c20-16(23-15-7-10-22-12-15)5-8-18-17(21)19-9-6-13-3-1-2-4-14(13)11-19/h1-4,15H,5-12H2,(H,18,21)/t15-/m1/s1. The number of ether oxygens (including phenoxy) is 2. The van der Waals surface area contributed by atoms with Crippen LogP contribution in [0.15, 0.2) is 24.3 Å². The summed E-state index contributed by atoms with van der Waals surface area (Å²) in [6.07, 6.45) is 1.68. The number of carbonyl (C=O) groups excluding carboxylic acids is 2. The fraction of sp³-hybridized carbons (Fsp3) is 0.529. The SMILES string of the molecule is O=C(CCNC(=O)N1CCc2ccccc2C1)O[C@@H]1CCOC1. The zero-order valence-corrected chi connectivity index (χ0v) is 13.1. The summed E-state index contributed by atoms with van der Waals surface area (Å²) < 4.78 is 10.4. The molecule has 0 spiro atoms. The van der Waals surface area contributed by atoms with Crippen molar-refractivity contribution in [1.29, 1.82) is 0 Å². The Morgan fingerprint density at radius 1 is 1.30 bits per heavy atom. The Bertz CT molecular complexity index is 569. The molecule has 3 rings (SSSR count). The molecule has 1 fully saturated rings. The Morgan fingerprint density at radius 2 is 2.13 bits per heavy atom. The first kappa shape index (κ1) is 15.8. The van der Waals surface area contributed by atoms with Crippen LogP contribution in [-0.4, -0.2) is 49.3 Å². The van der Waals surface area contributed by atoms with E-state index in [1.807, 2.05) is 12.1 Å². The number of benzene rings is 1. The van der Waals surface area contributed by atoms with E-state index >= 15 is 0 Å². The molecule has 1 aromatic carbocycles. The molecule has 1 atom stereocenters. The summed E-state index contributed by atoms with van der Waals surface area (Å²) in [5.74, 6) is -0.287. The van der Waals surface area contributed by atoms with Crippen molar-refractivity contribution in [3.63, 3.8) is 0 Å². The molecule has 1 saturated heterocycles. The molecule has 0 aromatic heterocycles. The maximum atomic E-state index is 12.2. The van der Waals surface area contributed by atoms with Crippen molar-refractivity contribution in [2.45, 2.75) is 31.9 Å². The number of amides is 2.